The van der Waals surface area contributed by atoms with E-state index in [9.17, 15) is 0 Å². The second-order valence-electron chi connectivity index (χ2n) is 23.7. The van der Waals surface area contributed by atoms with Crippen LogP contribution in [0.1, 0.15) is 72.0 Å². The fourth-order valence-corrected chi connectivity index (χ4v) is 12.4. The third kappa shape index (κ3) is 7.91. The monoisotopic (exact) mass is 1070 g/mol. The summed E-state index contributed by atoms with van der Waals surface area (Å²) in [6.45, 7) is 7.60. The van der Waals surface area contributed by atoms with Crippen LogP contribution in [0.5, 0.6) is 11.5 Å². The number of rotatable bonds is 6. The van der Waals surface area contributed by atoms with E-state index in [1.807, 2.05) is 79.0 Å². The van der Waals surface area contributed by atoms with Gasteiger partial charge in [-0.25, -0.2) is 4.98 Å². The Bertz CT molecular complexity index is 5170. The van der Waals surface area contributed by atoms with Gasteiger partial charge in [-0.2, -0.15) is 0 Å². The number of nitrogens with zero attached hydrogens (tertiary/aromatic N) is 4. The van der Waals surface area contributed by atoms with Crippen LogP contribution in [-0.4, -0.2) is 14.1 Å². The Balaban J connectivity index is 1.03. The molecule has 6 heteroatoms. The first-order valence-electron chi connectivity index (χ1n) is 30.9. The van der Waals surface area contributed by atoms with Crippen LogP contribution in [0.15, 0.2) is 223 Å². The van der Waals surface area contributed by atoms with Crippen molar-refractivity contribution >= 4 is 54.8 Å². The molecule has 0 radical (unpaired) electrons. The molecule has 0 N–H and O–H groups in total. The lowest BCUT2D eigenvalue weighted by Gasteiger charge is -2.27. The van der Waals surface area contributed by atoms with Crippen molar-refractivity contribution in [2.24, 2.45) is 0 Å². The minimum Gasteiger partial charge on any atom is -0.458 e. The molecule has 14 aromatic rings. The Labute approximate surface area is 486 Å². The van der Waals surface area contributed by atoms with Gasteiger partial charge in [0.1, 0.15) is 28.5 Å². The maximum atomic E-state index is 9.09. The van der Waals surface area contributed by atoms with Gasteiger partial charge < -0.3 is 9.15 Å². The standard InChI is InChI=1S/C76H60N4O2/c1-46-19-17-20-47(2)72(46)65-41-51(76(6,7)8)40-64-58-26-12-10-24-56(58)55-23-9-11-25-57(55)63-38-49(48-31-34-70-62(37-48)61-28-14-16-30-69(61)82-70)39-68-74(63)79(73(64)65)45-78(68)52-21-18-22-53(43-52)81-54-32-33-60-59-27-13-15-29-66(59)80(67(60)44-54)71-42-50(35-36-77-71)75(3,4)5/h9-44H,1-8H3/i1D3,2D3. The molecule has 396 valence electrons. The van der Waals surface area contributed by atoms with E-state index in [4.69, 9.17) is 22.4 Å². The summed E-state index contributed by atoms with van der Waals surface area (Å²) in [5.74, 6) is 2.03. The van der Waals surface area contributed by atoms with Crippen molar-refractivity contribution in [3.63, 3.8) is 0 Å². The van der Waals surface area contributed by atoms with E-state index in [1.54, 1.807) is 18.2 Å². The molecule has 0 aliphatic carbocycles. The molecule has 0 atom stereocenters. The lowest BCUT2D eigenvalue weighted by atomic mass is 9.80. The van der Waals surface area contributed by atoms with Crippen molar-refractivity contribution < 1.29 is 21.9 Å². The minimum atomic E-state index is -2.70. The molecule has 0 unspecified atom stereocenters. The summed E-state index contributed by atoms with van der Waals surface area (Å²) in [6, 6.07) is 71.3. The highest BCUT2D eigenvalue weighted by Gasteiger charge is 2.30. The predicted molar refractivity (Wildman–Crippen MR) is 337 cm³/mol. The van der Waals surface area contributed by atoms with Gasteiger partial charge in [0.15, 0.2) is 0 Å². The summed E-state index contributed by atoms with van der Waals surface area (Å²) in [6.07, 6.45) is 5.80. The van der Waals surface area contributed by atoms with Crippen LogP contribution in [0.3, 0.4) is 0 Å². The number of hydrogen-bond donors (Lipinski definition) is 0. The quantitative estimate of drug-likeness (QED) is 0.123. The molecule has 0 amide bonds. The third-order valence-corrected chi connectivity index (χ3v) is 16.5. The number of para-hydroxylation sites is 2. The lowest BCUT2D eigenvalue weighted by molar-refractivity contribution is -0.570. The van der Waals surface area contributed by atoms with Gasteiger partial charge in [0.05, 0.1) is 33.4 Å². The molecule has 6 nitrogen and oxygen atoms in total. The number of benzene rings is 10. The maximum Gasteiger partial charge on any atom is 0.269 e. The van der Waals surface area contributed by atoms with E-state index in [0.29, 0.717) is 22.7 Å². The summed E-state index contributed by atoms with van der Waals surface area (Å²) in [4.78, 5) is 4.93. The molecule has 0 fully saturated rings. The van der Waals surface area contributed by atoms with Crippen LogP contribution < -0.4 is 9.30 Å². The SMILES string of the molecule is [2H]C([2H])([2H])c1cccc(C([2H])([2H])[2H])c1-c1cc(C(C)(C)C)cc2c1-[n+]1[c-]n(-c3cccc(Oc4ccc5c6ccccc6n(-c6cc(C(C)(C)C)ccn6)c5c4)c3)c3cc(-c4ccc5oc6ccccc6c5c4)cc(c31)-c1ccccc1-c1ccccc1-2. The van der Waals surface area contributed by atoms with Crippen LogP contribution in [-0.2, 0) is 10.8 Å². The smallest absolute Gasteiger partial charge is 0.269 e. The zero-order valence-electron chi connectivity index (χ0n) is 52.4. The van der Waals surface area contributed by atoms with E-state index >= 15 is 0 Å². The fraction of sp³-hybridized carbons (Fsp3) is 0.132. The number of hydrogen-bond acceptors (Lipinski definition) is 3. The molecule has 1 aliphatic rings. The number of aromatic nitrogens is 4. The summed E-state index contributed by atoms with van der Waals surface area (Å²) in [5, 5.41) is 4.18. The van der Waals surface area contributed by atoms with Crippen molar-refractivity contribution in [1.29, 1.82) is 0 Å². The third-order valence-electron chi connectivity index (χ3n) is 16.5. The Kier molecular flexibility index (Phi) is 9.66. The highest BCUT2D eigenvalue weighted by atomic mass is 16.5. The molecule has 15 rings (SSSR count). The van der Waals surface area contributed by atoms with Crippen molar-refractivity contribution in [3.05, 3.63) is 247 Å². The number of pyridine rings is 1. The van der Waals surface area contributed by atoms with Crippen LogP contribution in [0.2, 0.25) is 0 Å². The molecule has 0 saturated heterocycles. The topological polar surface area (TPSA) is 49.0 Å². The van der Waals surface area contributed by atoms with Crippen LogP contribution in [0, 0.1) is 20.0 Å². The first-order valence-corrected chi connectivity index (χ1v) is 27.9. The van der Waals surface area contributed by atoms with E-state index in [2.05, 4.69) is 183 Å². The average Bonchev–Trinajstić information content (AvgIpc) is 1.51. The zero-order chi connectivity index (χ0) is 60.8. The molecule has 5 heterocycles. The first-order chi connectivity index (χ1) is 42.2. The molecular formula is C76H60N4O2. The van der Waals surface area contributed by atoms with Gasteiger partial charge in [0.25, 0.3) is 6.33 Å². The van der Waals surface area contributed by atoms with Crippen LogP contribution in [0.25, 0.3) is 128 Å². The molecule has 82 heavy (non-hydrogen) atoms. The van der Waals surface area contributed by atoms with Gasteiger partial charge >= 0.3 is 0 Å². The van der Waals surface area contributed by atoms with Crippen molar-refractivity contribution in [3.8, 4) is 84.3 Å². The Hall–Kier alpha value is -9.78. The van der Waals surface area contributed by atoms with Crippen molar-refractivity contribution in [1.82, 2.24) is 14.1 Å². The van der Waals surface area contributed by atoms with Gasteiger partial charge in [-0.15, -0.1) is 0 Å². The second kappa shape index (κ2) is 18.4. The Morgan fingerprint density at radius 2 is 1.12 bits per heavy atom. The van der Waals surface area contributed by atoms with E-state index in [-0.39, 0.29) is 22.1 Å². The van der Waals surface area contributed by atoms with Gasteiger partial charge in [-0.05, 0) is 175 Å². The number of fused-ring (bicyclic) bond motifs is 13. The largest absolute Gasteiger partial charge is 0.458 e. The average molecular weight is 1070 g/mol. The second-order valence-corrected chi connectivity index (χ2v) is 23.7. The van der Waals surface area contributed by atoms with E-state index < -0.39 is 19.1 Å². The predicted octanol–water partition coefficient (Wildman–Crippen LogP) is 19.8. The highest BCUT2D eigenvalue weighted by molar-refractivity contribution is 6.10. The summed E-state index contributed by atoms with van der Waals surface area (Å²) >= 11 is 0. The molecule has 4 aromatic heterocycles. The van der Waals surface area contributed by atoms with Gasteiger partial charge in [-0.3, -0.25) is 13.7 Å². The van der Waals surface area contributed by atoms with E-state index in [0.717, 1.165) is 116 Å². The van der Waals surface area contributed by atoms with Crippen molar-refractivity contribution in [2.45, 2.75) is 66.1 Å². The van der Waals surface area contributed by atoms with E-state index in [1.165, 1.54) is 5.56 Å². The maximum absolute atomic E-state index is 9.09. The molecule has 10 aromatic carbocycles. The van der Waals surface area contributed by atoms with Crippen LogP contribution in [0.4, 0.5) is 0 Å². The fourth-order valence-electron chi connectivity index (χ4n) is 12.4. The molecular weight excluding hydrogens is 1000 g/mol. The van der Waals surface area contributed by atoms with Gasteiger partial charge in [-0.1, -0.05) is 175 Å². The zero-order valence-corrected chi connectivity index (χ0v) is 46.4. The number of aryl methyl sites for hydroxylation is 2. The highest BCUT2D eigenvalue weighted by Crippen LogP contribution is 2.49. The molecule has 1 aliphatic heterocycles. The lowest BCUT2D eigenvalue weighted by Crippen LogP contribution is -2.32. The first kappa shape index (κ1) is 43.1. The van der Waals surface area contributed by atoms with Crippen LogP contribution >= 0.6 is 0 Å². The number of furan rings is 1. The number of ether oxygens (including phenoxy) is 1. The molecule has 0 saturated carbocycles. The Morgan fingerprint density at radius 3 is 1.88 bits per heavy atom. The normalized spacial score (nSPS) is 13.8. The summed E-state index contributed by atoms with van der Waals surface area (Å²) in [7, 11) is 0. The van der Waals surface area contributed by atoms with Gasteiger partial charge in [0.2, 0.25) is 0 Å². The minimum absolute atomic E-state index is 0.0575. The molecule has 0 spiro atoms. The summed E-state index contributed by atoms with van der Waals surface area (Å²) < 4.78 is 74.2. The summed E-state index contributed by atoms with van der Waals surface area (Å²) in [5.41, 5.74) is 15.7. The van der Waals surface area contributed by atoms with Gasteiger partial charge in [0, 0.05) is 42.0 Å². The van der Waals surface area contributed by atoms with Crippen molar-refractivity contribution in [2.75, 3.05) is 0 Å². The Morgan fingerprint density at radius 1 is 0.476 bits per heavy atom. The number of imidazole rings is 1. The molecule has 0 bridgehead atoms.